The zero-order chi connectivity index (χ0) is 21.9. The molecule has 0 spiro atoms. The van der Waals surface area contributed by atoms with E-state index < -0.39 is 32.4 Å². The Labute approximate surface area is 170 Å². The first-order valence-corrected chi connectivity index (χ1v) is 10.0. The average Bonchev–Trinajstić information content (AvgIpc) is 2.72. The summed E-state index contributed by atoms with van der Waals surface area (Å²) < 4.78 is 66.6. The molecule has 0 unspecified atom stereocenters. The van der Waals surface area contributed by atoms with E-state index in [1.165, 1.54) is 36.4 Å². The molecule has 0 bridgehead atoms. The molecule has 0 atom stereocenters. The molecule has 0 fully saturated rings. The fraction of sp³-hybridized carbons (Fsp3) is 0.100. The van der Waals surface area contributed by atoms with Gasteiger partial charge in [0, 0.05) is 12.1 Å². The van der Waals surface area contributed by atoms with Crippen LogP contribution in [0.3, 0.4) is 0 Å². The molecule has 3 aromatic rings. The van der Waals surface area contributed by atoms with Gasteiger partial charge in [0.25, 0.3) is 15.7 Å². The van der Waals surface area contributed by atoms with Crippen molar-refractivity contribution in [1.82, 2.24) is 0 Å². The monoisotopic (exact) mass is 436 g/mol. The third-order valence-electron chi connectivity index (χ3n) is 4.24. The first-order chi connectivity index (χ1) is 14.1. The summed E-state index contributed by atoms with van der Waals surface area (Å²) in [7, 11) is -4.31. The highest BCUT2D eigenvalue weighted by atomic mass is 32.2. The number of hydrogen-bond acceptors (Lipinski definition) is 4. The molecule has 0 saturated heterocycles. The van der Waals surface area contributed by atoms with Crippen molar-refractivity contribution in [3.8, 4) is 0 Å². The van der Waals surface area contributed by atoms with Gasteiger partial charge in [-0.1, -0.05) is 36.4 Å². The van der Waals surface area contributed by atoms with Crippen LogP contribution in [0.25, 0.3) is 0 Å². The topological polar surface area (TPSA) is 80.5 Å². The van der Waals surface area contributed by atoms with Gasteiger partial charge < -0.3 is 0 Å². The normalized spacial score (nSPS) is 11.8. The van der Waals surface area contributed by atoms with Crippen molar-refractivity contribution >= 4 is 21.4 Å². The Hall–Kier alpha value is -3.40. The van der Waals surface area contributed by atoms with Crippen LogP contribution in [0.1, 0.15) is 11.1 Å². The van der Waals surface area contributed by atoms with Crippen molar-refractivity contribution < 1.29 is 26.5 Å². The molecule has 0 N–H and O–H groups in total. The van der Waals surface area contributed by atoms with E-state index >= 15 is 0 Å². The number of rotatable bonds is 6. The van der Waals surface area contributed by atoms with Crippen LogP contribution >= 0.6 is 0 Å². The third-order valence-corrected chi connectivity index (χ3v) is 6.01. The second kappa shape index (κ2) is 8.15. The smallest absolute Gasteiger partial charge is 0.262 e. The second-order valence-electron chi connectivity index (χ2n) is 6.30. The Morgan fingerprint density at radius 3 is 2.20 bits per heavy atom. The number of halogens is 3. The molecule has 0 aromatic heterocycles. The van der Waals surface area contributed by atoms with Crippen LogP contribution in [0.15, 0.2) is 83.8 Å². The molecule has 0 amide bonds. The first-order valence-electron chi connectivity index (χ1n) is 8.57. The van der Waals surface area contributed by atoms with Gasteiger partial charge in [0.05, 0.1) is 27.6 Å². The maximum absolute atomic E-state index is 13.3. The lowest BCUT2D eigenvalue weighted by molar-refractivity contribution is -0.385. The molecular formula is C20H15F3N2O4S. The van der Waals surface area contributed by atoms with Crippen molar-refractivity contribution in [1.29, 1.82) is 0 Å². The zero-order valence-electron chi connectivity index (χ0n) is 15.3. The summed E-state index contributed by atoms with van der Waals surface area (Å²) in [4.78, 5) is 9.97. The predicted molar refractivity (Wildman–Crippen MR) is 104 cm³/mol. The molecule has 0 saturated carbocycles. The molecule has 10 heteroatoms. The molecule has 0 heterocycles. The van der Waals surface area contributed by atoms with Gasteiger partial charge in [0.2, 0.25) is 0 Å². The van der Waals surface area contributed by atoms with E-state index in [9.17, 15) is 31.7 Å². The van der Waals surface area contributed by atoms with Gasteiger partial charge in [-0.25, -0.2) is 8.42 Å². The number of anilines is 1. The van der Waals surface area contributed by atoms with Crippen LogP contribution in [0.2, 0.25) is 0 Å². The summed E-state index contributed by atoms with van der Waals surface area (Å²) >= 11 is 0. The molecule has 0 radical (unpaired) electrons. The van der Waals surface area contributed by atoms with Crippen LogP contribution in [0.4, 0.5) is 24.5 Å². The maximum Gasteiger partial charge on any atom is 0.416 e. The number of alkyl halides is 3. The summed E-state index contributed by atoms with van der Waals surface area (Å²) in [5.41, 5.74) is -0.993. The number of para-hydroxylation sites is 1. The third kappa shape index (κ3) is 4.60. The molecule has 3 aromatic carbocycles. The van der Waals surface area contributed by atoms with Gasteiger partial charge in [0.15, 0.2) is 0 Å². The lowest BCUT2D eigenvalue weighted by atomic mass is 10.1. The first kappa shape index (κ1) is 21.3. The number of nitrogens with zero attached hydrogens (tertiary/aromatic N) is 2. The van der Waals surface area contributed by atoms with Gasteiger partial charge in [-0.2, -0.15) is 13.2 Å². The van der Waals surface area contributed by atoms with Gasteiger partial charge in [-0.3, -0.25) is 14.4 Å². The van der Waals surface area contributed by atoms with Crippen molar-refractivity contribution in [2.45, 2.75) is 17.6 Å². The summed E-state index contributed by atoms with van der Waals surface area (Å²) in [5, 5.41) is 11.0. The largest absolute Gasteiger partial charge is 0.416 e. The number of sulfonamides is 1. The number of hydrogen-bond donors (Lipinski definition) is 0. The van der Waals surface area contributed by atoms with Crippen LogP contribution < -0.4 is 4.31 Å². The maximum atomic E-state index is 13.3. The SMILES string of the molecule is O=[N+]([O-])c1cccc(S(=O)(=O)N(Cc2cccc(C(F)(F)F)c2)c2ccccc2)c1. The van der Waals surface area contributed by atoms with Gasteiger partial charge in [-0.15, -0.1) is 0 Å². The summed E-state index contributed by atoms with van der Waals surface area (Å²) in [5.74, 6) is 0. The van der Waals surface area contributed by atoms with Crippen molar-refractivity contribution in [3.63, 3.8) is 0 Å². The van der Waals surface area contributed by atoms with Gasteiger partial charge in [0.1, 0.15) is 0 Å². The van der Waals surface area contributed by atoms with Crippen LogP contribution in [0, 0.1) is 10.1 Å². The fourth-order valence-electron chi connectivity index (χ4n) is 2.81. The fourth-order valence-corrected chi connectivity index (χ4v) is 4.30. The highest BCUT2D eigenvalue weighted by Gasteiger charge is 2.31. The number of nitro benzene ring substituents is 1. The van der Waals surface area contributed by atoms with Crippen molar-refractivity contribution in [2.75, 3.05) is 4.31 Å². The molecule has 6 nitrogen and oxygen atoms in total. The highest BCUT2D eigenvalue weighted by molar-refractivity contribution is 7.92. The summed E-state index contributed by atoms with van der Waals surface area (Å²) in [6.07, 6.45) is -4.58. The molecule has 156 valence electrons. The Morgan fingerprint density at radius 2 is 1.57 bits per heavy atom. The molecule has 30 heavy (non-hydrogen) atoms. The van der Waals surface area contributed by atoms with Crippen molar-refractivity contribution in [3.05, 3.63) is 100 Å². The molecule has 3 rings (SSSR count). The summed E-state index contributed by atoms with van der Waals surface area (Å²) in [6, 6.07) is 16.6. The lowest BCUT2D eigenvalue weighted by Crippen LogP contribution is -2.30. The van der Waals surface area contributed by atoms with Crippen LogP contribution in [0.5, 0.6) is 0 Å². The standard InChI is InChI=1S/C20H15F3N2O4S/c21-20(22,23)16-7-4-6-15(12-16)14-24(17-8-2-1-3-9-17)30(28,29)19-11-5-10-18(13-19)25(26)27/h1-13H,14H2. The average molecular weight is 436 g/mol. The number of benzene rings is 3. The Balaban J connectivity index is 2.08. The quantitative estimate of drug-likeness (QED) is 0.402. The summed E-state index contributed by atoms with van der Waals surface area (Å²) in [6.45, 7) is -0.390. The van der Waals surface area contributed by atoms with E-state index in [0.717, 1.165) is 28.6 Å². The molecule has 0 aliphatic rings. The predicted octanol–water partition coefficient (Wildman–Crippen LogP) is 5.01. The van der Waals surface area contributed by atoms with Crippen molar-refractivity contribution in [2.24, 2.45) is 0 Å². The molecule has 0 aliphatic carbocycles. The minimum Gasteiger partial charge on any atom is -0.262 e. The molecular weight excluding hydrogens is 421 g/mol. The van der Waals surface area contributed by atoms with Gasteiger partial charge in [-0.05, 0) is 35.9 Å². The second-order valence-corrected chi connectivity index (χ2v) is 8.16. The van der Waals surface area contributed by atoms with E-state index in [1.54, 1.807) is 18.2 Å². The number of non-ortho nitro benzene ring substituents is 1. The lowest BCUT2D eigenvalue weighted by Gasteiger charge is -2.25. The van der Waals surface area contributed by atoms with Crippen LogP contribution in [-0.2, 0) is 22.7 Å². The Morgan fingerprint density at radius 1 is 0.900 bits per heavy atom. The van der Waals surface area contributed by atoms with E-state index in [1.807, 2.05) is 0 Å². The van der Waals surface area contributed by atoms with E-state index in [4.69, 9.17) is 0 Å². The van der Waals surface area contributed by atoms with Gasteiger partial charge >= 0.3 is 6.18 Å². The van der Waals surface area contributed by atoms with E-state index in [0.29, 0.717) is 0 Å². The Kier molecular flexibility index (Phi) is 5.79. The minimum absolute atomic E-state index is 0.114. The van der Waals surface area contributed by atoms with E-state index in [2.05, 4.69) is 0 Å². The Bertz CT molecular complexity index is 1170. The molecule has 0 aliphatic heterocycles. The van der Waals surface area contributed by atoms with Crippen LogP contribution in [-0.4, -0.2) is 13.3 Å². The zero-order valence-corrected chi connectivity index (χ0v) is 16.1. The minimum atomic E-state index is -4.58. The highest BCUT2D eigenvalue weighted by Crippen LogP contribution is 2.32. The van der Waals surface area contributed by atoms with E-state index in [-0.39, 0.29) is 22.7 Å². The number of nitro groups is 1.